The maximum atomic E-state index is 5.89. The second-order valence-electron chi connectivity index (χ2n) is 4.97. The van der Waals surface area contributed by atoms with E-state index in [1.807, 2.05) is 35.0 Å². The highest BCUT2D eigenvalue weighted by Crippen LogP contribution is 2.27. The first-order valence-corrected chi connectivity index (χ1v) is 7.64. The molecule has 0 aliphatic rings. The molecule has 2 aromatic carbocycles. The fourth-order valence-electron chi connectivity index (χ4n) is 2.23. The van der Waals surface area contributed by atoms with Gasteiger partial charge in [-0.3, -0.25) is 0 Å². The molecule has 0 saturated heterocycles. The van der Waals surface area contributed by atoms with Crippen molar-refractivity contribution in [2.75, 3.05) is 5.73 Å². The molecule has 3 aromatic rings. The molecule has 0 fully saturated rings. The first-order valence-electron chi connectivity index (χ1n) is 6.90. The van der Waals surface area contributed by atoms with Gasteiger partial charge >= 0.3 is 0 Å². The zero-order valence-electron chi connectivity index (χ0n) is 12.5. The molecule has 118 valence electrons. The minimum Gasteiger partial charge on any atom is -0.382 e. The normalized spacial score (nSPS) is 10.9. The van der Waals surface area contributed by atoms with Gasteiger partial charge in [0.25, 0.3) is 0 Å². The third-order valence-corrected chi connectivity index (χ3v) is 3.94. The van der Waals surface area contributed by atoms with E-state index < -0.39 is 0 Å². The Balaban J connectivity index is 1.95. The van der Waals surface area contributed by atoms with Crippen LogP contribution in [0.4, 0.5) is 5.82 Å². The molecule has 1 heterocycles. The van der Waals surface area contributed by atoms with Crippen LogP contribution in [-0.4, -0.2) is 9.78 Å². The van der Waals surface area contributed by atoms with Gasteiger partial charge in [-0.05, 0) is 31.2 Å². The van der Waals surface area contributed by atoms with Crippen molar-refractivity contribution in [2.45, 2.75) is 11.8 Å². The number of nitrogen functional groups attached to an aromatic ring is 1. The molecule has 6 nitrogen and oxygen atoms in total. The highest BCUT2D eigenvalue weighted by molar-refractivity contribution is 7.94. The Morgan fingerprint density at radius 1 is 1.04 bits per heavy atom. The van der Waals surface area contributed by atoms with Gasteiger partial charge in [0.15, 0.2) is 0 Å². The molecule has 0 atom stereocenters. The minimum atomic E-state index is 0.471. The van der Waals surface area contributed by atoms with Gasteiger partial charge in [-0.25, -0.2) is 4.68 Å². The second-order valence-corrected chi connectivity index (χ2v) is 5.75. The summed E-state index contributed by atoms with van der Waals surface area (Å²) in [5, 5.41) is 4.38. The second kappa shape index (κ2) is 6.84. The van der Waals surface area contributed by atoms with Crippen molar-refractivity contribution >= 4 is 17.9 Å². The predicted molar refractivity (Wildman–Crippen MR) is 90.4 cm³/mol. The van der Waals surface area contributed by atoms with E-state index in [0.717, 1.165) is 33.9 Å². The van der Waals surface area contributed by atoms with Gasteiger partial charge in [0.2, 0.25) is 0 Å². The fraction of sp³-hybridized carbons (Fsp3) is 0.0625. The molecule has 0 amide bonds. The van der Waals surface area contributed by atoms with Crippen LogP contribution < -0.4 is 11.6 Å². The Labute approximate surface area is 138 Å². The van der Waals surface area contributed by atoms with E-state index in [1.165, 1.54) is 5.56 Å². The van der Waals surface area contributed by atoms with E-state index in [-0.39, 0.29) is 0 Å². The lowest BCUT2D eigenvalue weighted by Gasteiger charge is -2.08. The van der Waals surface area contributed by atoms with Crippen molar-refractivity contribution < 1.29 is 9.32 Å². The van der Waals surface area contributed by atoms with Crippen LogP contribution in [0.2, 0.25) is 0 Å². The van der Waals surface area contributed by atoms with Gasteiger partial charge in [-0.15, -0.1) is 9.32 Å². The largest absolute Gasteiger partial charge is 0.382 e. The molecule has 3 rings (SSSR count). The van der Waals surface area contributed by atoms with Crippen LogP contribution in [0.5, 0.6) is 0 Å². The molecular formula is C16H16N4O2S. The van der Waals surface area contributed by atoms with Crippen LogP contribution in [0.25, 0.3) is 16.9 Å². The monoisotopic (exact) mass is 328 g/mol. The molecule has 0 aliphatic heterocycles. The van der Waals surface area contributed by atoms with Crippen LogP contribution in [0.15, 0.2) is 59.5 Å². The molecule has 4 N–H and O–H groups in total. The van der Waals surface area contributed by atoms with Crippen molar-refractivity contribution in [1.82, 2.24) is 9.78 Å². The number of rotatable bonds is 5. The summed E-state index contributed by atoms with van der Waals surface area (Å²) >= 11 is 1.03. The Morgan fingerprint density at radius 3 is 2.39 bits per heavy atom. The van der Waals surface area contributed by atoms with Gasteiger partial charge in [0.1, 0.15) is 5.82 Å². The van der Waals surface area contributed by atoms with Crippen molar-refractivity contribution in [3.05, 3.63) is 60.2 Å². The molecule has 0 bridgehead atoms. The van der Waals surface area contributed by atoms with E-state index in [4.69, 9.17) is 11.6 Å². The smallest absolute Gasteiger partial charge is 0.146 e. The van der Waals surface area contributed by atoms with Gasteiger partial charge in [0.05, 0.1) is 23.4 Å². The number of nitrogens with zero attached hydrogens (tertiary/aromatic N) is 2. The number of benzene rings is 2. The molecule has 0 aliphatic carbocycles. The number of nitrogens with two attached hydrogens (primary N) is 2. The Kier molecular flexibility index (Phi) is 4.63. The maximum absolute atomic E-state index is 5.89. The van der Waals surface area contributed by atoms with Crippen molar-refractivity contribution in [3.8, 4) is 16.9 Å². The Morgan fingerprint density at radius 2 is 1.74 bits per heavy atom. The van der Waals surface area contributed by atoms with Gasteiger partial charge < -0.3 is 5.73 Å². The SMILES string of the molecule is Cc1ccc(-c2cc(N)nn2-c2ccc(SOON)cc2)cc1. The summed E-state index contributed by atoms with van der Waals surface area (Å²) in [4.78, 5) is 4.94. The number of aryl methyl sites for hydroxylation is 1. The predicted octanol–water partition coefficient (Wildman–Crippen LogP) is 3.26. The molecule has 23 heavy (non-hydrogen) atoms. The summed E-state index contributed by atoms with van der Waals surface area (Å²) in [6, 6.07) is 17.7. The van der Waals surface area contributed by atoms with Crippen LogP contribution in [0.3, 0.4) is 0 Å². The van der Waals surface area contributed by atoms with Gasteiger partial charge in [-0.2, -0.15) is 11.0 Å². The van der Waals surface area contributed by atoms with Gasteiger partial charge in [0, 0.05) is 16.5 Å². The average Bonchev–Trinajstić information content (AvgIpc) is 2.96. The lowest BCUT2D eigenvalue weighted by molar-refractivity contribution is -0.195. The molecule has 0 radical (unpaired) electrons. The summed E-state index contributed by atoms with van der Waals surface area (Å²) in [7, 11) is 0. The topological polar surface area (TPSA) is 88.3 Å². The molecule has 0 unspecified atom stereocenters. The summed E-state index contributed by atoms with van der Waals surface area (Å²) in [6.07, 6.45) is 0. The van der Waals surface area contributed by atoms with E-state index in [9.17, 15) is 0 Å². The third kappa shape index (κ3) is 3.54. The van der Waals surface area contributed by atoms with Crippen molar-refractivity contribution in [3.63, 3.8) is 0 Å². The first-order chi connectivity index (χ1) is 11.2. The quantitative estimate of drug-likeness (QED) is 0.424. The average molecular weight is 328 g/mol. The maximum Gasteiger partial charge on any atom is 0.146 e. The number of hydrogen-bond donors (Lipinski definition) is 2. The molecule has 0 spiro atoms. The van der Waals surface area contributed by atoms with Crippen LogP contribution in [0.1, 0.15) is 5.56 Å². The van der Waals surface area contributed by atoms with Gasteiger partial charge in [-0.1, -0.05) is 29.8 Å². The van der Waals surface area contributed by atoms with Crippen LogP contribution in [-0.2, 0) is 9.32 Å². The van der Waals surface area contributed by atoms with E-state index in [2.05, 4.69) is 45.6 Å². The standard InChI is InChI=1S/C16H16N4O2S/c1-11-2-4-12(5-3-11)15-10-16(17)19-20(15)13-6-8-14(9-7-13)23-22-21-18/h2-10H,18H2,1H3,(H2,17,19). The van der Waals surface area contributed by atoms with E-state index in [0.29, 0.717) is 5.82 Å². The number of hydrogen-bond acceptors (Lipinski definition) is 6. The summed E-state index contributed by atoms with van der Waals surface area (Å²) in [5.41, 5.74) is 9.98. The summed E-state index contributed by atoms with van der Waals surface area (Å²) in [6.45, 7) is 2.05. The molecule has 0 saturated carbocycles. The summed E-state index contributed by atoms with van der Waals surface area (Å²) in [5.74, 6) is 5.30. The molecule has 7 heteroatoms. The number of anilines is 1. The van der Waals surface area contributed by atoms with Crippen molar-refractivity contribution in [2.24, 2.45) is 5.90 Å². The zero-order chi connectivity index (χ0) is 16.2. The minimum absolute atomic E-state index is 0.471. The third-order valence-electron chi connectivity index (χ3n) is 3.33. The highest BCUT2D eigenvalue weighted by Gasteiger charge is 2.10. The Hall–Kier alpha value is -2.32. The van der Waals surface area contributed by atoms with E-state index in [1.54, 1.807) is 0 Å². The lowest BCUT2D eigenvalue weighted by atomic mass is 10.1. The molecule has 1 aromatic heterocycles. The lowest BCUT2D eigenvalue weighted by Crippen LogP contribution is -2.00. The van der Waals surface area contributed by atoms with E-state index >= 15 is 0 Å². The zero-order valence-corrected chi connectivity index (χ0v) is 13.3. The Bertz CT molecular complexity index is 785. The number of aromatic nitrogens is 2. The van der Waals surface area contributed by atoms with Crippen LogP contribution in [0, 0.1) is 6.92 Å². The van der Waals surface area contributed by atoms with Crippen molar-refractivity contribution in [1.29, 1.82) is 0 Å². The highest BCUT2D eigenvalue weighted by atomic mass is 32.2. The summed E-state index contributed by atoms with van der Waals surface area (Å²) < 4.78 is 6.44. The van der Waals surface area contributed by atoms with Crippen LogP contribution >= 0.6 is 12.0 Å². The first kappa shape index (κ1) is 15.6. The molecular weight excluding hydrogens is 312 g/mol. The fourth-order valence-corrected chi connectivity index (χ4v) is 2.59.